The third kappa shape index (κ3) is 2.46. The number of nitrogens with zero attached hydrogens (tertiary/aromatic N) is 1. The Bertz CT molecular complexity index is 474. The molecule has 5 heteroatoms. The van der Waals surface area contributed by atoms with Gasteiger partial charge < -0.3 is 14.7 Å². The fourth-order valence-electron chi connectivity index (χ4n) is 2.36. The summed E-state index contributed by atoms with van der Waals surface area (Å²) in [5, 5.41) is 9.83. The van der Waals surface area contributed by atoms with Gasteiger partial charge >= 0.3 is 5.97 Å². The van der Waals surface area contributed by atoms with Gasteiger partial charge in [-0.15, -0.1) is 0 Å². The molecule has 19 heavy (non-hydrogen) atoms. The number of aliphatic hydroxyl groups is 1. The highest BCUT2D eigenvalue weighted by molar-refractivity contribution is 5.91. The number of benzene rings is 1. The SMILES string of the molecule is COC(=O)[C@@H]1CN([C@H](C)c2ccccc2)C(=O)[C@@H]1O. The van der Waals surface area contributed by atoms with Crippen LogP contribution in [0.1, 0.15) is 18.5 Å². The Morgan fingerprint density at radius 1 is 1.42 bits per heavy atom. The summed E-state index contributed by atoms with van der Waals surface area (Å²) in [5.74, 6) is -1.78. The van der Waals surface area contributed by atoms with E-state index in [1.54, 1.807) is 0 Å². The van der Waals surface area contributed by atoms with Crippen LogP contribution in [0.15, 0.2) is 30.3 Å². The number of aliphatic hydroxyl groups excluding tert-OH is 1. The Hall–Kier alpha value is -1.88. The summed E-state index contributed by atoms with van der Waals surface area (Å²) in [6.07, 6.45) is -1.31. The molecule has 1 fully saturated rings. The summed E-state index contributed by atoms with van der Waals surface area (Å²) in [7, 11) is 1.25. The Morgan fingerprint density at radius 2 is 2.05 bits per heavy atom. The van der Waals surface area contributed by atoms with Crippen molar-refractivity contribution in [3.63, 3.8) is 0 Å². The summed E-state index contributed by atoms with van der Waals surface area (Å²) in [6.45, 7) is 2.06. The molecule has 1 N–H and O–H groups in total. The lowest BCUT2D eigenvalue weighted by Crippen LogP contribution is -2.32. The number of hydrogen-bond donors (Lipinski definition) is 1. The average molecular weight is 263 g/mol. The van der Waals surface area contributed by atoms with Crippen LogP contribution in [0.2, 0.25) is 0 Å². The molecule has 1 heterocycles. The Morgan fingerprint density at radius 3 is 2.63 bits per heavy atom. The molecule has 0 radical (unpaired) electrons. The first-order valence-corrected chi connectivity index (χ1v) is 6.17. The fourth-order valence-corrected chi connectivity index (χ4v) is 2.36. The second-order valence-electron chi connectivity index (χ2n) is 4.65. The Labute approximate surface area is 111 Å². The number of likely N-dealkylation sites (tertiary alicyclic amines) is 1. The van der Waals surface area contributed by atoms with Gasteiger partial charge in [0.1, 0.15) is 12.0 Å². The molecule has 0 spiro atoms. The van der Waals surface area contributed by atoms with Crippen molar-refractivity contribution in [2.75, 3.05) is 13.7 Å². The van der Waals surface area contributed by atoms with Crippen molar-refractivity contribution in [3.05, 3.63) is 35.9 Å². The molecule has 1 saturated heterocycles. The molecule has 1 aromatic rings. The quantitative estimate of drug-likeness (QED) is 0.817. The van der Waals surface area contributed by atoms with Crippen LogP contribution in [-0.4, -0.2) is 41.6 Å². The number of amides is 1. The van der Waals surface area contributed by atoms with E-state index >= 15 is 0 Å². The van der Waals surface area contributed by atoms with Crippen LogP contribution in [0.4, 0.5) is 0 Å². The zero-order chi connectivity index (χ0) is 14.0. The van der Waals surface area contributed by atoms with Crippen molar-refractivity contribution in [1.29, 1.82) is 0 Å². The summed E-state index contributed by atoms with van der Waals surface area (Å²) >= 11 is 0. The van der Waals surface area contributed by atoms with Gasteiger partial charge in [-0.05, 0) is 12.5 Å². The largest absolute Gasteiger partial charge is 0.469 e. The number of rotatable bonds is 3. The number of methoxy groups -OCH3 is 1. The van der Waals surface area contributed by atoms with Crippen LogP contribution in [0.3, 0.4) is 0 Å². The lowest BCUT2D eigenvalue weighted by molar-refractivity contribution is -0.150. The molecule has 2 rings (SSSR count). The van der Waals surface area contributed by atoms with Crippen molar-refractivity contribution < 1.29 is 19.4 Å². The molecule has 1 amide bonds. The maximum atomic E-state index is 12.0. The fraction of sp³-hybridized carbons (Fsp3) is 0.429. The van der Waals surface area contributed by atoms with E-state index in [1.807, 2.05) is 37.3 Å². The second-order valence-corrected chi connectivity index (χ2v) is 4.65. The van der Waals surface area contributed by atoms with Crippen molar-refractivity contribution in [2.45, 2.75) is 19.1 Å². The molecule has 1 aliphatic rings. The molecule has 102 valence electrons. The minimum atomic E-state index is -1.31. The van der Waals surface area contributed by atoms with Gasteiger partial charge in [0.15, 0.2) is 0 Å². The first-order valence-electron chi connectivity index (χ1n) is 6.17. The Kier molecular flexibility index (Phi) is 3.85. The van der Waals surface area contributed by atoms with Gasteiger partial charge in [0.25, 0.3) is 5.91 Å². The van der Waals surface area contributed by atoms with Crippen LogP contribution in [-0.2, 0) is 14.3 Å². The summed E-state index contributed by atoms with van der Waals surface area (Å²) in [6, 6.07) is 9.32. The molecule has 0 aromatic heterocycles. The third-order valence-electron chi connectivity index (χ3n) is 3.56. The summed E-state index contributed by atoms with van der Waals surface area (Å²) in [5.41, 5.74) is 0.966. The minimum Gasteiger partial charge on any atom is -0.469 e. The number of carbonyl (C=O) groups is 2. The van der Waals surface area contributed by atoms with Crippen molar-refractivity contribution in [2.24, 2.45) is 5.92 Å². The van der Waals surface area contributed by atoms with Crippen molar-refractivity contribution in [1.82, 2.24) is 4.90 Å². The summed E-state index contributed by atoms with van der Waals surface area (Å²) in [4.78, 5) is 25.0. The second kappa shape index (κ2) is 5.40. The van der Waals surface area contributed by atoms with Gasteiger partial charge in [0.05, 0.1) is 13.2 Å². The topological polar surface area (TPSA) is 66.8 Å². The first kappa shape index (κ1) is 13.5. The first-order chi connectivity index (χ1) is 9.06. The number of hydrogen-bond acceptors (Lipinski definition) is 4. The van der Waals surface area contributed by atoms with E-state index in [0.29, 0.717) is 0 Å². The van der Waals surface area contributed by atoms with E-state index in [0.717, 1.165) is 5.56 Å². The van der Waals surface area contributed by atoms with E-state index in [-0.39, 0.29) is 12.6 Å². The van der Waals surface area contributed by atoms with Crippen molar-refractivity contribution >= 4 is 11.9 Å². The lowest BCUT2D eigenvalue weighted by atomic mass is 10.1. The molecule has 5 nitrogen and oxygen atoms in total. The summed E-state index contributed by atoms with van der Waals surface area (Å²) < 4.78 is 4.61. The van der Waals surface area contributed by atoms with Crippen molar-refractivity contribution in [3.8, 4) is 0 Å². The zero-order valence-electron chi connectivity index (χ0n) is 10.9. The van der Waals surface area contributed by atoms with E-state index < -0.39 is 23.9 Å². The van der Waals surface area contributed by atoms with E-state index in [9.17, 15) is 14.7 Å². The highest BCUT2D eigenvalue weighted by Gasteiger charge is 2.45. The number of carbonyl (C=O) groups excluding carboxylic acids is 2. The monoisotopic (exact) mass is 263 g/mol. The number of esters is 1. The standard InChI is InChI=1S/C14H17NO4/c1-9(10-6-4-3-5-7-10)15-8-11(14(18)19-2)12(16)13(15)17/h3-7,9,11-12,16H,8H2,1-2H3/t9-,11-,12-/m1/s1. The number of ether oxygens (including phenoxy) is 1. The maximum Gasteiger partial charge on any atom is 0.313 e. The smallest absolute Gasteiger partial charge is 0.313 e. The van der Waals surface area contributed by atoms with Gasteiger partial charge in [0.2, 0.25) is 0 Å². The lowest BCUT2D eigenvalue weighted by Gasteiger charge is -2.24. The molecule has 0 saturated carbocycles. The van der Waals surface area contributed by atoms with Crippen LogP contribution in [0.25, 0.3) is 0 Å². The molecule has 1 aliphatic heterocycles. The Balaban J connectivity index is 2.18. The predicted octanol–water partition coefficient (Wildman–Crippen LogP) is 0.740. The third-order valence-corrected chi connectivity index (χ3v) is 3.56. The van der Waals surface area contributed by atoms with Crippen LogP contribution >= 0.6 is 0 Å². The molecule has 0 aliphatic carbocycles. The van der Waals surface area contributed by atoms with Gasteiger partial charge in [-0.25, -0.2) is 0 Å². The van der Waals surface area contributed by atoms with Crippen LogP contribution < -0.4 is 0 Å². The predicted molar refractivity (Wildman–Crippen MR) is 68.1 cm³/mol. The average Bonchev–Trinajstić information content (AvgIpc) is 2.75. The van der Waals surface area contributed by atoms with E-state index in [4.69, 9.17) is 0 Å². The van der Waals surface area contributed by atoms with Gasteiger partial charge in [-0.1, -0.05) is 30.3 Å². The van der Waals surface area contributed by atoms with E-state index in [1.165, 1.54) is 12.0 Å². The maximum absolute atomic E-state index is 12.0. The van der Waals surface area contributed by atoms with Gasteiger partial charge in [-0.2, -0.15) is 0 Å². The molecular formula is C14H17NO4. The molecule has 0 unspecified atom stereocenters. The van der Waals surface area contributed by atoms with E-state index in [2.05, 4.69) is 4.74 Å². The normalized spacial score (nSPS) is 24.4. The van der Waals surface area contributed by atoms with Gasteiger partial charge in [-0.3, -0.25) is 9.59 Å². The minimum absolute atomic E-state index is 0.182. The molecule has 3 atom stereocenters. The van der Waals surface area contributed by atoms with Gasteiger partial charge in [0, 0.05) is 6.54 Å². The molecular weight excluding hydrogens is 246 g/mol. The van der Waals surface area contributed by atoms with Crippen LogP contribution in [0.5, 0.6) is 0 Å². The van der Waals surface area contributed by atoms with Crippen LogP contribution in [0, 0.1) is 5.92 Å². The highest BCUT2D eigenvalue weighted by atomic mass is 16.5. The zero-order valence-corrected chi connectivity index (χ0v) is 10.9. The molecule has 0 bridgehead atoms. The highest BCUT2D eigenvalue weighted by Crippen LogP contribution is 2.29. The molecule has 1 aromatic carbocycles.